The summed E-state index contributed by atoms with van der Waals surface area (Å²) in [5, 5.41) is 3.59. The van der Waals surface area contributed by atoms with E-state index in [4.69, 9.17) is 0 Å². The van der Waals surface area contributed by atoms with Gasteiger partial charge in [0, 0.05) is 13.0 Å². The van der Waals surface area contributed by atoms with E-state index in [1.54, 1.807) is 40.6 Å². The minimum Gasteiger partial charge on any atom is -0.333 e. The van der Waals surface area contributed by atoms with Gasteiger partial charge in [0.05, 0.1) is 13.1 Å². The van der Waals surface area contributed by atoms with Crippen molar-refractivity contribution in [3.8, 4) is 0 Å². The summed E-state index contributed by atoms with van der Waals surface area (Å²) in [6.07, 6.45) is -4.83. The third-order valence-corrected chi connectivity index (χ3v) is 5.59. The van der Waals surface area contributed by atoms with Gasteiger partial charge in [-0.25, -0.2) is 4.79 Å². The molecule has 3 heterocycles. The fraction of sp³-hybridized carbons (Fsp3) is 0.350. The van der Waals surface area contributed by atoms with Gasteiger partial charge in [0.1, 0.15) is 11.4 Å². The van der Waals surface area contributed by atoms with Crippen molar-refractivity contribution in [3.63, 3.8) is 0 Å². The fourth-order valence-electron chi connectivity index (χ4n) is 4.03. The standard InChI is InChI=1S/C20H18F3N5O5/c21-20(22,23)19(26-12(29)10-27-8-4-7-13(27)30)14-15(24-17(19)32)28(18(33)25-16(14)31)9-11-5-2-1-3-6-11/h1-3,5-6H,4,7-10H2,(H,24,32)(H,26,29)(H,25,31,33)/t19-/m0/s1. The number of benzene rings is 1. The van der Waals surface area contributed by atoms with E-state index in [0.717, 1.165) is 9.47 Å². The molecule has 0 radical (unpaired) electrons. The quantitative estimate of drug-likeness (QED) is 0.573. The Hall–Kier alpha value is -3.90. The molecule has 1 fully saturated rings. The Kier molecular flexibility index (Phi) is 5.34. The Morgan fingerprint density at radius 2 is 1.82 bits per heavy atom. The number of hydrogen-bond acceptors (Lipinski definition) is 5. The van der Waals surface area contributed by atoms with Gasteiger partial charge < -0.3 is 15.5 Å². The molecule has 1 aromatic carbocycles. The highest BCUT2D eigenvalue weighted by Crippen LogP contribution is 2.45. The summed E-state index contributed by atoms with van der Waals surface area (Å²) in [5.41, 5.74) is -6.86. The van der Waals surface area contributed by atoms with Gasteiger partial charge in [-0.05, 0) is 12.0 Å². The molecule has 2 aliphatic rings. The number of carbonyl (C=O) groups is 3. The summed E-state index contributed by atoms with van der Waals surface area (Å²) >= 11 is 0. The first-order valence-corrected chi connectivity index (χ1v) is 9.93. The Labute approximate surface area is 183 Å². The second-order valence-corrected chi connectivity index (χ2v) is 7.72. The van der Waals surface area contributed by atoms with Crippen LogP contribution in [0.1, 0.15) is 24.0 Å². The maximum absolute atomic E-state index is 14.3. The monoisotopic (exact) mass is 465 g/mol. The van der Waals surface area contributed by atoms with Crippen molar-refractivity contribution in [2.24, 2.45) is 0 Å². The van der Waals surface area contributed by atoms with Crippen LogP contribution in [0.4, 0.5) is 19.0 Å². The third-order valence-electron chi connectivity index (χ3n) is 5.59. The predicted octanol–water partition coefficient (Wildman–Crippen LogP) is 0.0332. The first-order valence-electron chi connectivity index (χ1n) is 9.93. The van der Waals surface area contributed by atoms with E-state index in [-0.39, 0.29) is 19.5 Å². The van der Waals surface area contributed by atoms with Crippen molar-refractivity contribution in [2.75, 3.05) is 18.4 Å². The SMILES string of the molecule is O=C(CN1CCCC1=O)N[C@]1(C(F)(F)F)C(=O)Nc2c1c(=O)[nH]c(=O)n2Cc1ccccc1. The molecule has 13 heteroatoms. The molecule has 0 saturated carbocycles. The molecule has 0 unspecified atom stereocenters. The third kappa shape index (κ3) is 3.68. The summed E-state index contributed by atoms with van der Waals surface area (Å²) in [5.74, 6) is -4.07. The first kappa shape index (κ1) is 22.3. The van der Waals surface area contributed by atoms with E-state index in [1.165, 1.54) is 0 Å². The van der Waals surface area contributed by atoms with Crippen LogP contribution in [0, 0.1) is 0 Å². The second-order valence-electron chi connectivity index (χ2n) is 7.72. The maximum Gasteiger partial charge on any atom is 0.425 e. The maximum atomic E-state index is 14.3. The largest absolute Gasteiger partial charge is 0.425 e. The minimum atomic E-state index is -5.44. The highest BCUT2D eigenvalue weighted by Gasteiger charge is 2.68. The Balaban J connectivity index is 1.81. The van der Waals surface area contributed by atoms with Crippen molar-refractivity contribution >= 4 is 23.5 Å². The number of alkyl halides is 3. The topological polar surface area (TPSA) is 133 Å². The van der Waals surface area contributed by atoms with Crippen LogP contribution < -0.4 is 21.9 Å². The van der Waals surface area contributed by atoms with Crippen LogP contribution in [-0.4, -0.2) is 51.4 Å². The number of aromatic amines is 1. The van der Waals surface area contributed by atoms with Gasteiger partial charge in [-0.15, -0.1) is 0 Å². The van der Waals surface area contributed by atoms with E-state index in [0.29, 0.717) is 12.0 Å². The number of hydrogen-bond donors (Lipinski definition) is 3. The fourth-order valence-corrected chi connectivity index (χ4v) is 4.03. The van der Waals surface area contributed by atoms with Crippen molar-refractivity contribution in [1.29, 1.82) is 0 Å². The van der Waals surface area contributed by atoms with E-state index in [1.807, 2.05) is 5.32 Å². The van der Waals surface area contributed by atoms with Crippen molar-refractivity contribution < 1.29 is 27.6 Å². The normalized spacial score (nSPS) is 20.0. The molecule has 10 nitrogen and oxygen atoms in total. The molecule has 1 saturated heterocycles. The summed E-state index contributed by atoms with van der Waals surface area (Å²) in [6, 6.07) is 8.19. The van der Waals surface area contributed by atoms with Gasteiger partial charge in [0.2, 0.25) is 17.4 Å². The van der Waals surface area contributed by atoms with E-state index >= 15 is 0 Å². The zero-order valence-electron chi connectivity index (χ0n) is 17.0. The van der Waals surface area contributed by atoms with Crippen LogP contribution in [0.25, 0.3) is 0 Å². The lowest BCUT2D eigenvalue weighted by Crippen LogP contribution is -2.63. The van der Waals surface area contributed by atoms with Crippen LogP contribution in [0.5, 0.6) is 0 Å². The zero-order chi connectivity index (χ0) is 24.0. The number of anilines is 1. The van der Waals surface area contributed by atoms with E-state index in [2.05, 4.69) is 0 Å². The average molecular weight is 465 g/mol. The summed E-state index contributed by atoms with van der Waals surface area (Å²) < 4.78 is 43.8. The molecule has 1 aromatic heterocycles. The molecule has 3 N–H and O–H groups in total. The number of aromatic nitrogens is 2. The summed E-state index contributed by atoms with van der Waals surface area (Å²) in [6.45, 7) is -0.769. The number of likely N-dealkylation sites (tertiary alicyclic amines) is 1. The lowest BCUT2D eigenvalue weighted by Gasteiger charge is -2.30. The molecule has 4 rings (SSSR count). The van der Waals surface area contributed by atoms with Crippen molar-refractivity contribution in [2.45, 2.75) is 31.1 Å². The highest BCUT2D eigenvalue weighted by atomic mass is 19.4. The number of halogens is 3. The predicted molar refractivity (Wildman–Crippen MR) is 107 cm³/mol. The zero-order valence-corrected chi connectivity index (χ0v) is 17.0. The molecular weight excluding hydrogens is 447 g/mol. The summed E-state index contributed by atoms with van der Waals surface area (Å²) in [7, 11) is 0. The Morgan fingerprint density at radius 1 is 1.12 bits per heavy atom. The van der Waals surface area contributed by atoms with E-state index in [9.17, 15) is 37.1 Å². The smallest absolute Gasteiger partial charge is 0.333 e. The Morgan fingerprint density at radius 3 is 2.42 bits per heavy atom. The number of fused-ring (bicyclic) bond motifs is 1. The molecule has 1 atom stereocenters. The molecule has 0 aliphatic carbocycles. The summed E-state index contributed by atoms with van der Waals surface area (Å²) in [4.78, 5) is 64.8. The van der Waals surface area contributed by atoms with Crippen molar-refractivity contribution in [1.82, 2.24) is 19.8 Å². The van der Waals surface area contributed by atoms with Crippen LogP contribution in [0.15, 0.2) is 39.9 Å². The molecule has 2 aromatic rings. The number of rotatable bonds is 5. The van der Waals surface area contributed by atoms with Gasteiger partial charge in [-0.1, -0.05) is 30.3 Å². The number of nitrogens with one attached hydrogen (secondary N) is 3. The lowest BCUT2D eigenvalue weighted by atomic mass is 9.92. The van der Waals surface area contributed by atoms with Crippen molar-refractivity contribution in [3.05, 3.63) is 62.3 Å². The number of carbonyl (C=O) groups excluding carboxylic acids is 3. The average Bonchev–Trinajstić information content (AvgIpc) is 3.27. The second kappa shape index (κ2) is 7.90. The van der Waals surface area contributed by atoms with Gasteiger partial charge in [-0.3, -0.25) is 28.7 Å². The van der Waals surface area contributed by atoms with E-state index < -0.39 is 58.6 Å². The van der Waals surface area contributed by atoms with Gasteiger partial charge in [0.25, 0.3) is 11.5 Å². The number of nitrogens with zero attached hydrogens (tertiary/aromatic N) is 2. The highest BCUT2D eigenvalue weighted by molar-refractivity contribution is 6.07. The van der Waals surface area contributed by atoms with Gasteiger partial charge >= 0.3 is 11.9 Å². The molecule has 0 bridgehead atoms. The molecular formula is C20H18F3N5O5. The van der Waals surface area contributed by atoms with Crippen LogP contribution >= 0.6 is 0 Å². The number of H-pyrrole nitrogens is 1. The number of amides is 3. The molecule has 2 aliphatic heterocycles. The van der Waals surface area contributed by atoms with Crippen LogP contribution in [-0.2, 0) is 26.5 Å². The Bertz CT molecular complexity index is 1250. The molecule has 174 valence electrons. The molecule has 3 amide bonds. The van der Waals surface area contributed by atoms with Crippen LogP contribution in [0.3, 0.4) is 0 Å². The first-order chi connectivity index (χ1) is 15.5. The minimum absolute atomic E-state index is 0.159. The van der Waals surface area contributed by atoms with Gasteiger partial charge in [0.15, 0.2) is 0 Å². The molecule has 0 spiro atoms. The van der Waals surface area contributed by atoms with Crippen LogP contribution in [0.2, 0.25) is 0 Å². The lowest BCUT2D eigenvalue weighted by molar-refractivity contribution is -0.200. The van der Waals surface area contributed by atoms with Gasteiger partial charge in [-0.2, -0.15) is 13.2 Å². The molecule has 33 heavy (non-hydrogen) atoms.